The highest BCUT2D eigenvalue weighted by molar-refractivity contribution is 7.20. The average molecular weight is 390 g/mol. The van der Waals surface area contributed by atoms with Crippen LogP contribution in [-0.2, 0) is 9.59 Å². The van der Waals surface area contributed by atoms with Gasteiger partial charge in [-0.05, 0) is 23.8 Å². The lowest BCUT2D eigenvalue weighted by molar-refractivity contribution is -0.123. The second kappa shape index (κ2) is 6.59. The summed E-state index contributed by atoms with van der Waals surface area (Å²) in [5.41, 5.74) is 2.28. The van der Waals surface area contributed by atoms with Crippen molar-refractivity contribution in [1.29, 1.82) is 0 Å². The van der Waals surface area contributed by atoms with Gasteiger partial charge in [0.05, 0.1) is 20.8 Å². The van der Waals surface area contributed by atoms with E-state index in [4.69, 9.17) is 11.6 Å². The average Bonchev–Trinajstić information content (AvgIpc) is 3.23. The first kappa shape index (κ1) is 16.3. The predicted molar refractivity (Wildman–Crippen MR) is 101 cm³/mol. The van der Waals surface area contributed by atoms with Gasteiger partial charge in [0, 0.05) is 17.5 Å². The Labute approximate surface area is 156 Å². The van der Waals surface area contributed by atoms with Crippen LogP contribution in [0.15, 0.2) is 41.8 Å². The smallest absolute Gasteiger partial charge is 0.234 e. The van der Waals surface area contributed by atoms with Gasteiger partial charge in [-0.15, -0.1) is 22.7 Å². The molecule has 126 valence electrons. The Bertz CT molecular complexity index is 966. The summed E-state index contributed by atoms with van der Waals surface area (Å²) in [6, 6.07) is 11.1. The predicted octanol–water partition coefficient (Wildman–Crippen LogP) is 4.59. The molecular formula is C17H12ClN3O2S2. The van der Waals surface area contributed by atoms with Gasteiger partial charge in [-0.25, -0.2) is 4.98 Å². The van der Waals surface area contributed by atoms with Gasteiger partial charge in [-0.3, -0.25) is 9.59 Å². The van der Waals surface area contributed by atoms with Gasteiger partial charge in [-0.2, -0.15) is 0 Å². The molecule has 2 aromatic heterocycles. The van der Waals surface area contributed by atoms with Gasteiger partial charge >= 0.3 is 0 Å². The molecule has 1 atom stereocenters. The van der Waals surface area contributed by atoms with E-state index in [0.717, 1.165) is 16.1 Å². The van der Waals surface area contributed by atoms with Crippen LogP contribution < -0.4 is 10.6 Å². The first-order valence-corrected chi connectivity index (χ1v) is 9.58. The van der Waals surface area contributed by atoms with Crippen molar-refractivity contribution in [3.63, 3.8) is 0 Å². The number of hydrogen-bond donors (Lipinski definition) is 2. The number of benzene rings is 1. The molecule has 1 unspecified atom stereocenters. The van der Waals surface area contributed by atoms with Crippen molar-refractivity contribution in [2.24, 2.45) is 0 Å². The molecule has 3 heterocycles. The van der Waals surface area contributed by atoms with Crippen LogP contribution in [0.2, 0.25) is 4.34 Å². The van der Waals surface area contributed by atoms with E-state index < -0.39 is 5.92 Å². The zero-order chi connectivity index (χ0) is 17.4. The third-order valence-electron chi connectivity index (χ3n) is 3.88. The summed E-state index contributed by atoms with van der Waals surface area (Å²) in [5.74, 6) is -0.909. The number of amides is 2. The number of thiazole rings is 1. The standard InChI is InChI=1S/C17H12ClN3O2S2/c18-14-6-5-13(25-14)12-8-24-17(20-12)21-16(23)10-7-15(22)19-11-4-2-1-3-9(10)11/h1-6,8,10H,7H2,(H,19,22)(H,20,21,23). The summed E-state index contributed by atoms with van der Waals surface area (Å²) in [6.45, 7) is 0. The summed E-state index contributed by atoms with van der Waals surface area (Å²) in [5, 5.41) is 8.01. The van der Waals surface area contributed by atoms with E-state index in [1.54, 1.807) is 6.07 Å². The number of carbonyl (C=O) groups is 2. The molecule has 0 saturated heterocycles. The van der Waals surface area contributed by atoms with Crippen LogP contribution in [0.3, 0.4) is 0 Å². The highest BCUT2D eigenvalue weighted by Gasteiger charge is 2.30. The second-order valence-electron chi connectivity index (χ2n) is 5.52. The highest BCUT2D eigenvalue weighted by Crippen LogP contribution is 2.35. The number of hydrogen-bond acceptors (Lipinski definition) is 5. The number of nitrogens with one attached hydrogen (secondary N) is 2. The van der Waals surface area contributed by atoms with Gasteiger partial charge in [0.15, 0.2) is 5.13 Å². The number of thiophene rings is 1. The Kier molecular flexibility index (Phi) is 4.29. The maximum atomic E-state index is 12.7. The molecule has 0 fully saturated rings. The summed E-state index contributed by atoms with van der Waals surface area (Å²) < 4.78 is 0.693. The zero-order valence-corrected chi connectivity index (χ0v) is 15.2. The Morgan fingerprint density at radius 1 is 1.28 bits per heavy atom. The van der Waals surface area contributed by atoms with E-state index in [1.165, 1.54) is 22.7 Å². The maximum Gasteiger partial charge on any atom is 0.234 e. The first-order chi connectivity index (χ1) is 12.1. The number of anilines is 2. The largest absolute Gasteiger partial charge is 0.326 e. The van der Waals surface area contributed by atoms with Crippen LogP contribution in [0.25, 0.3) is 10.6 Å². The van der Waals surface area contributed by atoms with E-state index in [2.05, 4.69) is 15.6 Å². The molecule has 2 N–H and O–H groups in total. The minimum Gasteiger partial charge on any atom is -0.326 e. The summed E-state index contributed by atoms with van der Waals surface area (Å²) in [4.78, 5) is 29.9. The third kappa shape index (κ3) is 3.30. The van der Waals surface area contributed by atoms with Gasteiger partial charge < -0.3 is 10.6 Å². The molecule has 1 aromatic carbocycles. The molecule has 2 amide bonds. The topological polar surface area (TPSA) is 71.1 Å². The minimum absolute atomic E-state index is 0.127. The zero-order valence-electron chi connectivity index (χ0n) is 12.8. The Balaban J connectivity index is 1.55. The third-order valence-corrected chi connectivity index (χ3v) is 5.89. The van der Waals surface area contributed by atoms with Crippen molar-refractivity contribution in [2.75, 3.05) is 10.6 Å². The Morgan fingerprint density at radius 3 is 2.92 bits per heavy atom. The number of fused-ring (bicyclic) bond motifs is 1. The number of para-hydroxylation sites is 1. The summed E-state index contributed by atoms with van der Waals surface area (Å²) in [7, 11) is 0. The molecular weight excluding hydrogens is 378 g/mol. The molecule has 1 aliphatic rings. The molecule has 25 heavy (non-hydrogen) atoms. The van der Waals surface area contributed by atoms with Crippen molar-refractivity contribution in [1.82, 2.24) is 4.98 Å². The normalized spacial score (nSPS) is 16.2. The number of halogens is 1. The number of nitrogens with zero attached hydrogens (tertiary/aromatic N) is 1. The van der Waals surface area contributed by atoms with Crippen LogP contribution in [0, 0.1) is 0 Å². The van der Waals surface area contributed by atoms with E-state index in [0.29, 0.717) is 15.2 Å². The molecule has 8 heteroatoms. The lowest BCUT2D eigenvalue weighted by atomic mass is 9.90. The minimum atomic E-state index is -0.520. The van der Waals surface area contributed by atoms with Crippen molar-refractivity contribution < 1.29 is 9.59 Å². The Morgan fingerprint density at radius 2 is 2.12 bits per heavy atom. The van der Waals surface area contributed by atoms with Gasteiger partial charge in [-0.1, -0.05) is 29.8 Å². The monoisotopic (exact) mass is 389 g/mol. The van der Waals surface area contributed by atoms with Crippen molar-refractivity contribution in [3.05, 3.63) is 51.7 Å². The molecule has 4 rings (SSSR count). The fourth-order valence-electron chi connectivity index (χ4n) is 2.73. The lowest BCUT2D eigenvalue weighted by Gasteiger charge is -2.24. The van der Waals surface area contributed by atoms with Crippen LogP contribution in [0.1, 0.15) is 17.9 Å². The van der Waals surface area contributed by atoms with E-state index >= 15 is 0 Å². The van der Waals surface area contributed by atoms with Crippen LogP contribution in [-0.4, -0.2) is 16.8 Å². The highest BCUT2D eigenvalue weighted by atomic mass is 35.5. The lowest BCUT2D eigenvalue weighted by Crippen LogP contribution is -2.30. The van der Waals surface area contributed by atoms with Crippen molar-refractivity contribution in [3.8, 4) is 10.6 Å². The van der Waals surface area contributed by atoms with Crippen LogP contribution >= 0.6 is 34.3 Å². The van der Waals surface area contributed by atoms with Gasteiger partial charge in [0.2, 0.25) is 11.8 Å². The summed E-state index contributed by atoms with van der Waals surface area (Å²) in [6.07, 6.45) is 0.127. The summed E-state index contributed by atoms with van der Waals surface area (Å²) >= 11 is 8.74. The molecule has 0 spiro atoms. The molecule has 0 radical (unpaired) electrons. The molecule has 1 aliphatic heterocycles. The van der Waals surface area contributed by atoms with Gasteiger partial charge in [0.25, 0.3) is 0 Å². The van der Waals surface area contributed by atoms with Gasteiger partial charge in [0.1, 0.15) is 0 Å². The molecule has 0 saturated carbocycles. The molecule has 0 aliphatic carbocycles. The molecule has 5 nitrogen and oxygen atoms in total. The fraction of sp³-hybridized carbons (Fsp3) is 0.118. The molecule has 3 aromatic rings. The van der Waals surface area contributed by atoms with Crippen molar-refractivity contribution in [2.45, 2.75) is 12.3 Å². The second-order valence-corrected chi connectivity index (χ2v) is 8.10. The van der Waals surface area contributed by atoms with E-state index in [9.17, 15) is 9.59 Å². The van der Waals surface area contributed by atoms with Crippen LogP contribution in [0.5, 0.6) is 0 Å². The number of carbonyl (C=O) groups excluding carboxylic acids is 2. The maximum absolute atomic E-state index is 12.7. The Hall–Kier alpha value is -2.22. The van der Waals surface area contributed by atoms with Crippen molar-refractivity contribution >= 4 is 56.9 Å². The SMILES string of the molecule is O=C1CC(C(=O)Nc2nc(-c3ccc(Cl)s3)cs2)c2ccccc2N1. The van der Waals surface area contributed by atoms with E-state index in [1.807, 2.05) is 35.7 Å². The number of rotatable bonds is 3. The number of aromatic nitrogens is 1. The quantitative estimate of drug-likeness (QED) is 0.688. The fourth-order valence-corrected chi connectivity index (χ4v) is 4.53. The first-order valence-electron chi connectivity index (χ1n) is 7.51. The van der Waals surface area contributed by atoms with Crippen LogP contribution in [0.4, 0.5) is 10.8 Å². The molecule has 0 bridgehead atoms. The van der Waals surface area contributed by atoms with E-state index in [-0.39, 0.29) is 18.2 Å².